The molecule has 6 heteroatoms. The third-order valence-corrected chi connectivity index (χ3v) is 3.59. The van der Waals surface area contributed by atoms with Crippen LogP contribution in [-0.2, 0) is 0 Å². The molecule has 2 amide bonds. The molecule has 2 aromatic rings. The quantitative estimate of drug-likeness (QED) is 0.591. The number of fused-ring (bicyclic) bond motifs is 2. The fourth-order valence-electron chi connectivity index (χ4n) is 2.62. The molecular weight excluding hydrogens is 272 g/mol. The zero-order valence-corrected chi connectivity index (χ0v) is 11.0. The van der Waals surface area contributed by atoms with Gasteiger partial charge in [0, 0.05) is 17.2 Å². The van der Waals surface area contributed by atoms with Crippen molar-refractivity contribution in [2.75, 3.05) is 4.90 Å². The standard InChI is InChI=1S/C15H14N2O4/c16-15(21)17-11-4-2-1-3-9(11)13(19)14(20)10-6-5-8(18)7-12(10)17/h1-7,13-14,18-20H,(H2,16,21). The molecule has 6 nitrogen and oxygen atoms in total. The lowest BCUT2D eigenvalue weighted by Gasteiger charge is -2.22. The first-order valence-electron chi connectivity index (χ1n) is 6.38. The number of hydrogen-bond acceptors (Lipinski definition) is 4. The van der Waals surface area contributed by atoms with Crippen molar-refractivity contribution in [1.29, 1.82) is 0 Å². The summed E-state index contributed by atoms with van der Waals surface area (Å²) >= 11 is 0. The van der Waals surface area contributed by atoms with E-state index in [0.717, 1.165) is 0 Å². The molecule has 0 aliphatic carbocycles. The second-order valence-corrected chi connectivity index (χ2v) is 4.87. The lowest BCUT2D eigenvalue weighted by atomic mass is 9.98. The number of carbonyl (C=O) groups excluding carboxylic acids is 1. The Morgan fingerprint density at radius 2 is 1.62 bits per heavy atom. The number of hydrogen-bond donors (Lipinski definition) is 4. The van der Waals surface area contributed by atoms with Gasteiger partial charge in [-0.1, -0.05) is 24.3 Å². The van der Waals surface area contributed by atoms with Crippen molar-refractivity contribution in [3.8, 4) is 5.75 Å². The minimum Gasteiger partial charge on any atom is -0.508 e. The molecule has 2 atom stereocenters. The molecule has 0 saturated carbocycles. The average Bonchev–Trinajstić information content (AvgIpc) is 2.54. The fourth-order valence-corrected chi connectivity index (χ4v) is 2.62. The molecule has 0 bridgehead atoms. The SMILES string of the molecule is NC(=O)N1c2ccccc2C(O)C(O)c2ccc(O)cc21. The number of primary amides is 1. The number of aliphatic hydroxyl groups is 2. The van der Waals surface area contributed by atoms with E-state index in [1.807, 2.05) is 0 Å². The van der Waals surface area contributed by atoms with E-state index >= 15 is 0 Å². The van der Waals surface area contributed by atoms with Gasteiger partial charge >= 0.3 is 6.03 Å². The molecule has 2 unspecified atom stereocenters. The second-order valence-electron chi connectivity index (χ2n) is 4.87. The van der Waals surface area contributed by atoms with E-state index in [0.29, 0.717) is 16.8 Å². The first-order chi connectivity index (χ1) is 10.0. The third-order valence-electron chi connectivity index (χ3n) is 3.59. The van der Waals surface area contributed by atoms with Crippen LogP contribution in [0.5, 0.6) is 5.75 Å². The summed E-state index contributed by atoms with van der Waals surface area (Å²) in [6.07, 6.45) is -2.43. The highest BCUT2D eigenvalue weighted by Crippen LogP contribution is 2.45. The van der Waals surface area contributed by atoms with Crippen LogP contribution in [0.1, 0.15) is 23.3 Å². The Hall–Kier alpha value is -2.57. The van der Waals surface area contributed by atoms with Gasteiger partial charge in [-0.2, -0.15) is 0 Å². The van der Waals surface area contributed by atoms with Gasteiger partial charge in [0.2, 0.25) is 0 Å². The van der Waals surface area contributed by atoms with Gasteiger partial charge in [-0.3, -0.25) is 4.90 Å². The second kappa shape index (κ2) is 4.76. The van der Waals surface area contributed by atoms with E-state index in [1.165, 1.54) is 23.1 Å². The summed E-state index contributed by atoms with van der Waals surface area (Å²) in [7, 11) is 0. The lowest BCUT2D eigenvalue weighted by Crippen LogP contribution is -2.32. The largest absolute Gasteiger partial charge is 0.508 e. The van der Waals surface area contributed by atoms with Crippen molar-refractivity contribution in [1.82, 2.24) is 0 Å². The highest BCUT2D eigenvalue weighted by Gasteiger charge is 2.34. The van der Waals surface area contributed by atoms with E-state index in [-0.39, 0.29) is 11.4 Å². The van der Waals surface area contributed by atoms with Crippen molar-refractivity contribution in [2.45, 2.75) is 12.2 Å². The van der Waals surface area contributed by atoms with Crippen LogP contribution in [0, 0.1) is 0 Å². The zero-order valence-electron chi connectivity index (χ0n) is 11.0. The number of phenols is 1. The predicted molar refractivity (Wildman–Crippen MR) is 76.2 cm³/mol. The van der Waals surface area contributed by atoms with Crippen molar-refractivity contribution in [3.05, 3.63) is 53.6 Å². The molecule has 3 rings (SSSR count). The van der Waals surface area contributed by atoms with Gasteiger partial charge in [-0.15, -0.1) is 0 Å². The van der Waals surface area contributed by atoms with Crippen LogP contribution in [0.15, 0.2) is 42.5 Å². The molecule has 2 aromatic carbocycles. The summed E-state index contributed by atoms with van der Waals surface area (Å²) in [6, 6.07) is 10.0. The van der Waals surface area contributed by atoms with Gasteiger partial charge in [-0.25, -0.2) is 4.79 Å². The summed E-state index contributed by atoms with van der Waals surface area (Å²) in [5.41, 5.74) is 6.78. The molecule has 1 aliphatic rings. The van der Waals surface area contributed by atoms with Crippen molar-refractivity contribution < 1.29 is 20.1 Å². The Bertz CT molecular complexity index is 717. The van der Waals surface area contributed by atoms with Crippen LogP contribution in [0.4, 0.5) is 16.2 Å². The van der Waals surface area contributed by atoms with Crippen molar-refractivity contribution >= 4 is 17.4 Å². The highest BCUT2D eigenvalue weighted by atomic mass is 16.3. The van der Waals surface area contributed by atoms with E-state index in [9.17, 15) is 20.1 Å². The summed E-state index contributed by atoms with van der Waals surface area (Å²) in [5.74, 6) is -0.0685. The number of urea groups is 1. The van der Waals surface area contributed by atoms with Crippen LogP contribution >= 0.6 is 0 Å². The minimum atomic E-state index is -1.23. The highest BCUT2D eigenvalue weighted by molar-refractivity contribution is 6.00. The molecule has 0 saturated heterocycles. The maximum atomic E-state index is 11.9. The topological polar surface area (TPSA) is 107 Å². The number of phenolic OH excluding ortho intramolecular Hbond substituents is 1. The Morgan fingerprint density at radius 3 is 2.29 bits per heavy atom. The Kier molecular flexibility index (Phi) is 3.04. The first-order valence-corrected chi connectivity index (χ1v) is 6.38. The lowest BCUT2D eigenvalue weighted by molar-refractivity contribution is 0.0188. The first kappa shape index (κ1) is 13.4. The molecule has 1 aliphatic heterocycles. The Morgan fingerprint density at radius 1 is 1.00 bits per heavy atom. The average molecular weight is 286 g/mol. The number of nitrogens with zero attached hydrogens (tertiary/aromatic N) is 1. The van der Waals surface area contributed by atoms with Crippen LogP contribution in [0.3, 0.4) is 0 Å². The van der Waals surface area contributed by atoms with E-state index in [2.05, 4.69) is 0 Å². The number of para-hydroxylation sites is 1. The van der Waals surface area contributed by atoms with E-state index in [4.69, 9.17) is 5.73 Å². The van der Waals surface area contributed by atoms with Gasteiger partial charge in [-0.05, 0) is 12.1 Å². The molecule has 21 heavy (non-hydrogen) atoms. The van der Waals surface area contributed by atoms with Crippen LogP contribution in [0.25, 0.3) is 0 Å². The number of benzene rings is 2. The predicted octanol–water partition coefficient (Wildman–Crippen LogP) is 1.69. The minimum absolute atomic E-state index is 0.0685. The monoisotopic (exact) mass is 286 g/mol. The fraction of sp³-hybridized carbons (Fsp3) is 0.133. The third kappa shape index (κ3) is 2.01. The van der Waals surface area contributed by atoms with E-state index in [1.54, 1.807) is 24.3 Å². The Balaban J connectivity index is 2.35. The summed E-state index contributed by atoms with van der Waals surface area (Å²) < 4.78 is 0. The molecule has 0 spiro atoms. The summed E-state index contributed by atoms with van der Waals surface area (Å²) in [5, 5.41) is 30.3. The molecule has 5 N–H and O–H groups in total. The number of aromatic hydroxyl groups is 1. The van der Waals surface area contributed by atoms with Crippen LogP contribution < -0.4 is 10.6 Å². The molecule has 0 radical (unpaired) electrons. The van der Waals surface area contributed by atoms with Gasteiger partial charge in [0.15, 0.2) is 0 Å². The van der Waals surface area contributed by atoms with Gasteiger partial charge in [0.1, 0.15) is 18.0 Å². The normalized spacial score (nSPS) is 20.4. The van der Waals surface area contributed by atoms with Crippen molar-refractivity contribution in [2.24, 2.45) is 5.73 Å². The number of amides is 2. The molecule has 1 heterocycles. The van der Waals surface area contributed by atoms with Crippen molar-refractivity contribution in [3.63, 3.8) is 0 Å². The molecule has 0 aromatic heterocycles. The van der Waals surface area contributed by atoms with Gasteiger partial charge in [0.05, 0.1) is 11.4 Å². The summed E-state index contributed by atoms with van der Waals surface area (Å²) in [6.45, 7) is 0. The van der Waals surface area contributed by atoms with Gasteiger partial charge < -0.3 is 21.1 Å². The molecule has 108 valence electrons. The summed E-state index contributed by atoms with van der Waals surface area (Å²) in [4.78, 5) is 13.0. The number of aliphatic hydroxyl groups excluding tert-OH is 2. The maximum absolute atomic E-state index is 11.9. The molecular formula is C15H14N2O4. The smallest absolute Gasteiger partial charge is 0.323 e. The molecule has 0 fully saturated rings. The number of carbonyl (C=O) groups is 1. The van der Waals surface area contributed by atoms with Gasteiger partial charge in [0.25, 0.3) is 0 Å². The number of rotatable bonds is 0. The van der Waals surface area contributed by atoms with Crippen LogP contribution in [-0.4, -0.2) is 21.4 Å². The van der Waals surface area contributed by atoms with Crippen LogP contribution in [0.2, 0.25) is 0 Å². The maximum Gasteiger partial charge on any atom is 0.323 e. The zero-order chi connectivity index (χ0) is 15.1. The number of anilines is 2. The van der Waals surface area contributed by atoms with E-state index < -0.39 is 18.2 Å². The Labute approximate surface area is 120 Å². The number of nitrogens with two attached hydrogens (primary N) is 1.